The monoisotopic (exact) mass is 376 g/mol. The molecule has 1 aromatic carbocycles. The zero-order chi connectivity index (χ0) is 18.4. The summed E-state index contributed by atoms with van der Waals surface area (Å²) >= 11 is 1.23. The van der Waals surface area contributed by atoms with Gasteiger partial charge in [0.2, 0.25) is 0 Å². The molecule has 0 radical (unpaired) electrons. The maximum absolute atomic E-state index is 12.6. The van der Waals surface area contributed by atoms with Gasteiger partial charge in [-0.1, -0.05) is 30.3 Å². The molecule has 7 nitrogen and oxygen atoms in total. The Morgan fingerprint density at radius 1 is 1.35 bits per heavy atom. The van der Waals surface area contributed by atoms with Gasteiger partial charge in [-0.3, -0.25) is 9.69 Å². The Hall–Kier alpha value is -2.45. The van der Waals surface area contributed by atoms with Crippen LogP contribution in [0.3, 0.4) is 0 Å². The highest BCUT2D eigenvalue weighted by Crippen LogP contribution is 2.24. The van der Waals surface area contributed by atoms with E-state index in [1.54, 1.807) is 5.38 Å². The Kier molecular flexibility index (Phi) is 6.19. The van der Waals surface area contributed by atoms with E-state index < -0.39 is 12.1 Å². The predicted octanol–water partition coefficient (Wildman–Crippen LogP) is 3.09. The summed E-state index contributed by atoms with van der Waals surface area (Å²) in [6.07, 6.45) is 1.07. The van der Waals surface area contributed by atoms with Gasteiger partial charge in [-0.05, 0) is 18.4 Å². The summed E-state index contributed by atoms with van der Waals surface area (Å²) in [7, 11) is 0. The maximum Gasteiger partial charge on any atom is 0.416 e. The van der Waals surface area contributed by atoms with Crippen molar-refractivity contribution in [2.75, 3.05) is 18.1 Å². The van der Waals surface area contributed by atoms with Crippen LogP contribution < -0.4 is 4.90 Å². The summed E-state index contributed by atoms with van der Waals surface area (Å²) < 4.78 is 11.0. The molecule has 0 bridgehead atoms. The number of ether oxygens (including phenoxy) is 2. The normalized spacial score (nSPS) is 16.4. The Morgan fingerprint density at radius 2 is 2.15 bits per heavy atom. The second kappa shape index (κ2) is 8.77. The molecule has 1 saturated heterocycles. The third kappa shape index (κ3) is 5.03. The number of amides is 1. The molecule has 138 valence electrons. The van der Waals surface area contributed by atoms with Crippen LogP contribution in [0.2, 0.25) is 0 Å². The molecule has 1 fully saturated rings. The van der Waals surface area contributed by atoms with Crippen LogP contribution in [0.4, 0.5) is 9.93 Å². The van der Waals surface area contributed by atoms with Crippen LogP contribution in [0.5, 0.6) is 0 Å². The minimum absolute atomic E-state index is 0.0638. The molecule has 26 heavy (non-hydrogen) atoms. The van der Waals surface area contributed by atoms with Gasteiger partial charge in [0.25, 0.3) is 0 Å². The van der Waals surface area contributed by atoms with Crippen molar-refractivity contribution in [3.63, 3.8) is 0 Å². The fraction of sp³-hybridized carbons (Fsp3) is 0.389. The summed E-state index contributed by atoms with van der Waals surface area (Å²) in [6.45, 7) is 1.18. The molecule has 0 spiro atoms. The average Bonchev–Trinajstić information content (AvgIpc) is 3.30. The standard InChI is InChI=1S/C18H20N2O5S/c21-16(22)9-14-12-26-17(19-14)20(10-15-7-4-8-24-15)18(23)25-11-13-5-2-1-3-6-13/h1-3,5-6,12,15H,4,7-11H2,(H,21,22). The number of aliphatic carboxylic acids is 1. The molecule has 2 aromatic rings. The molecule has 8 heteroatoms. The smallest absolute Gasteiger partial charge is 0.416 e. The van der Waals surface area contributed by atoms with Crippen LogP contribution in [0.15, 0.2) is 35.7 Å². The van der Waals surface area contributed by atoms with E-state index in [1.807, 2.05) is 30.3 Å². The number of nitrogens with zero attached hydrogens (tertiary/aromatic N) is 2. The van der Waals surface area contributed by atoms with Gasteiger partial charge in [0.05, 0.1) is 24.8 Å². The number of rotatable bonds is 7. The van der Waals surface area contributed by atoms with Gasteiger partial charge in [-0.25, -0.2) is 9.78 Å². The van der Waals surface area contributed by atoms with E-state index in [0.717, 1.165) is 18.4 Å². The molecule has 3 rings (SSSR count). The van der Waals surface area contributed by atoms with Gasteiger partial charge in [0, 0.05) is 12.0 Å². The number of hydrogen-bond acceptors (Lipinski definition) is 6. The van der Waals surface area contributed by atoms with Crippen LogP contribution in [0, 0.1) is 0 Å². The van der Waals surface area contributed by atoms with Crippen LogP contribution in [0.1, 0.15) is 24.1 Å². The Morgan fingerprint density at radius 3 is 2.85 bits per heavy atom. The first-order chi connectivity index (χ1) is 12.6. The maximum atomic E-state index is 12.6. The molecule has 2 heterocycles. The van der Waals surface area contributed by atoms with Gasteiger partial charge in [-0.2, -0.15) is 0 Å². The third-order valence-electron chi connectivity index (χ3n) is 3.94. The quantitative estimate of drug-likeness (QED) is 0.799. The van der Waals surface area contributed by atoms with Crippen molar-refractivity contribution in [2.45, 2.75) is 32.0 Å². The fourth-order valence-electron chi connectivity index (χ4n) is 2.68. The first-order valence-corrected chi connectivity index (χ1v) is 9.26. The highest BCUT2D eigenvalue weighted by Gasteiger charge is 2.27. The van der Waals surface area contributed by atoms with Gasteiger partial charge in [0.15, 0.2) is 5.13 Å². The SMILES string of the molecule is O=C(O)Cc1csc(N(CC2CCCO2)C(=O)OCc2ccccc2)n1. The number of carbonyl (C=O) groups excluding carboxylic acids is 1. The molecule has 0 saturated carbocycles. The molecule has 0 aliphatic carbocycles. The number of benzene rings is 1. The topological polar surface area (TPSA) is 89.0 Å². The van der Waals surface area contributed by atoms with E-state index >= 15 is 0 Å². The molecule has 1 atom stereocenters. The van der Waals surface area contributed by atoms with Crippen molar-refractivity contribution < 1.29 is 24.2 Å². The minimum atomic E-state index is -0.959. The van der Waals surface area contributed by atoms with Crippen molar-refractivity contribution in [3.8, 4) is 0 Å². The fourth-order valence-corrected chi connectivity index (χ4v) is 3.50. The average molecular weight is 376 g/mol. The summed E-state index contributed by atoms with van der Waals surface area (Å²) in [6, 6.07) is 9.42. The van der Waals surface area contributed by atoms with Gasteiger partial charge in [0.1, 0.15) is 6.61 Å². The summed E-state index contributed by atoms with van der Waals surface area (Å²) in [4.78, 5) is 29.2. The van der Waals surface area contributed by atoms with Crippen molar-refractivity contribution in [2.24, 2.45) is 0 Å². The van der Waals surface area contributed by atoms with Gasteiger partial charge in [-0.15, -0.1) is 11.3 Å². The first-order valence-electron chi connectivity index (χ1n) is 8.38. The number of hydrogen-bond donors (Lipinski definition) is 1. The molecule has 1 N–H and O–H groups in total. The van der Waals surface area contributed by atoms with Crippen molar-refractivity contribution in [3.05, 3.63) is 47.0 Å². The first kappa shape index (κ1) is 18.3. The third-order valence-corrected chi connectivity index (χ3v) is 4.85. The Labute approximate surface area is 155 Å². The van der Waals surface area contributed by atoms with Crippen LogP contribution in [-0.4, -0.2) is 41.4 Å². The zero-order valence-corrected chi connectivity index (χ0v) is 15.0. The van der Waals surface area contributed by atoms with Crippen LogP contribution >= 0.6 is 11.3 Å². The lowest BCUT2D eigenvalue weighted by molar-refractivity contribution is -0.136. The molecule has 1 aromatic heterocycles. The van der Waals surface area contributed by atoms with Gasteiger partial charge >= 0.3 is 12.1 Å². The summed E-state index contributed by atoms with van der Waals surface area (Å²) in [5.41, 5.74) is 1.31. The summed E-state index contributed by atoms with van der Waals surface area (Å²) in [5.74, 6) is -0.959. The van der Waals surface area contributed by atoms with E-state index in [9.17, 15) is 9.59 Å². The number of carboxylic acids is 1. The lowest BCUT2D eigenvalue weighted by atomic mass is 10.2. The van der Waals surface area contributed by atoms with Crippen molar-refractivity contribution in [1.82, 2.24) is 4.98 Å². The molecular formula is C18H20N2O5S. The molecule has 1 aliphatic heterocycles. The van der Waals surface area contributed by atoms with E-state index in [2.05, 4.69) is 4.98 Å². The highest BCUT2D eigenvalue weighted by molar-refractivity contribution is 7.14. The highest BCUT2D eigenvalue weighted by atomic mass is 32.1. The lowest BCUT2D eigenvalue weighted by Crippen LogP contribution is -2.37. The Balaban J connectivity index is 1.70. The zero-order valence-electron chi connectivity index (χ0n) is 14.2. The molecule has 1 aliphatic rings. The number of anilines is 1. The molecule has 1 unspecified atom stereocenters. The van der Waals surface area contributed by atoms with Crippen molar-refractivity contribution in [1.29, 1.82) is 0 Å². The second-order valence-corrected chi connectivity index (χ2v) is 6.81. The Bertz CT molecular complexity index is 743. The molecule has 1 amide bonds. The van der Waals surface area contributed by atoms with E-state index in [4.69, 9.17) is 14.6 Å². The number of aromatic nitrogens is 1. The van der Waals surface area contributed by atoms with Crippen molar-refractivity contribution >= 4 is 28.5 Å². The largest absolute Gasteiger partial charge is 0.481 e. The second-order valence-electron chi connectivity index (χ2n) is 5.98. The van der Waals surface area contributed by atoms with Crippen LogP contribution in [-0.2, 0) is 27.3 Å². The predicted molar refractivity (Wildman–Crippen MR) is 96.4 cm³/mol. The summed E-state index contributed by atoms with van der Waals surface area (Å²) in [5, 5.41) is 11.0. The minimum Gasteiger partial charge on any atom is -0.481 e. The number of thiazole rings is 1. The van der Waals surface area contributed by atoms with E-state index in [0.29, 0.717) is 24.0 Å². The van der Waals surface area contributed by atoms with E-state index in [-0.39, 0.29) is 19.1 Å². The lowest BCUT2D eigenvalue weighted by Gasteiger charge is -2.22. The number of carbonyl (C=O) groups is 2. The molecular weight excluding hydrogens is 356 g/mol. The number of carboxylic acid groups (broad SMARTS) is 1. The van der Waals surface area contributed by atoms with Crippen LogP contribution in [0.25, 0.3) is 0 Å². The van der Waals surface area contributed by atoms with E-state index in [1.165, 1.54) is 16.2 Å². The van der Waals surface area contributed by atoms with Gasteiger partial charge < -0.3 is 14.6 Å².